The van der Waals surface area contributed by atoms with Gasteiger partial charge in [0.2, 0.25) is 5.91 Å². The molecule has 4 rings (SSSR count). The minimum atomic E-state index is -0.726. The number of hydrogen-bond acceptors (Lipinski definition) is 6. The van der Waals surface area contributed by atoms with E-state index in [4.69, 9.17) is 26.1 Å². The minimum Gasteiger partial charge on any atom is -0.491 e. The fraction of sp³-hybridized carbons (Fsp3) is 0.600. The lowest BCUT2D eigenvalue weighted by Crippen LogP contribution is -2.58. The molecular weight excluding hydrogens is 454 g/mol. The first-order chi connectivity index (χ1) is 16.4. The largest absolute Gasteiger partial charge is 0.491 e. The molecule has 2 fully saturated rings. The first kappa shape index (κ1) is 25.0. The summed E-state index contributed by atoms with van der Waals surface area (Å²) in [5.41, 5.74) is 1.42. The number of piperazine rings is 1. The average molecular weight is 490 g/mol. The second kappa shape index (κ2) is 11.1. The Morgan fingerprint density at radius 2 is 1.94 bits per heavy atom. The summed E-state index contributed by atoms with van der Waals surface area (Å²) in [7, 11) is 2.09. The van der Waals surface area contributed by atoms with Crippen LogP contribution in [0.1, 0.15) is 30.6 Å². The number of carbonyl (C=O) groups is 1. The third kappa shape index (κ3) is 6.30. The van der Waals surface area contributed by atoms with Crippen molar-refractivity contribution in [2.75, 3.05) is 59.5 Å². The van der Waals surface area contributed by atoms with Crippen LogP contribution in [-0.4, -0.2) is 95.7 Å². The molecule has 0 radical (unpaired) electrons. The number of aromatic nitrogens is 2. The zero-order valence-electron chi connectivity index (χ0n) is 20.5. The van der Waals surface area contributed by atoms with Crippen LogP contribution in [0.4, 0.5) is 0 Å². The number of imidazole rings is 1. The molecule has 2 aliphatic heterocycles. The summed E-state index contributed by atoms with van der Waals surface area (Å²) in [6, 6.07) is 7.30. The molecular formula is C25H36ClN5O3. The number of likely N-dealkylation sites (N-methyl/N-ethyl adjacent to an activating group) is 1. The lowest BCUT2D eigenvalue weighted by Gasteiger charge is -2.43. The molecule has 2 aliphatic rings. The maximum absolute atomic E-state index is 13.3. The Morgan fingerprint density at radius 3 is 2.62 bits per heavy atom. The quantitative estimate of drug-likeness (QED) is 0.614. The molecule has 3 heterocycles. The van der Waals surface area contributed by atoms with Crippen LogP contribution in [0.25, 0.3) is 0 Å². The molecule has 2 aromatic rings. The normalized spacial score (nSPS) is 22.2. The van der Waals surface area contributed by atoms with Crippen molar-refractivity contribution in [3.05, 3.63) is 46.5 Å². The van der Waals surface area contributed by atoms with Crippen LogP contribution in [0.15, 0.2) is 24.3 Å². The van der Waals surface area contributed by atoms with Crippen LogP contribution in [0.5, 0.6) is 5.75 Å². The number of nitrogens with zero attached hydrogens (tertiary/aromatic N) is 4. The number of hydrogen-bond donors (Lipinski definition) is 1. The lowest BCUT2D eigenvalue weighted by atomic mass is 9.96. The first-order valence-corrected chi connectivity index (χ1v) is 12.5. The van der Waals surface area contributed by atoms with Crippen molar-refractivity contribution >= 4 is 17.5 Å². The van der Waals surface area contributed by atoms with Crippen LogP contribution < -0.4 is 4.74 Å². The van der Waals surface area contributed by atoms with E-state index in [-0.39, 0.29) is 5.91 Å². The fourth-order valence-corrected chi connectivity index (χ4v) is 4.72. The Hall–Kier alpha value is -2.13. The highest BCUT2D eigenvalue weighted by atomic mass is 35.5. The van der Waals surface area contributed by atoms with E-state index in [9.17, 15) is 4.79 Å². The van der Waals surface area contributed by atoms with Gasteiger partial charge in [-0.2, -0.15) is 0 Å². The number of nitrogens with one attached hydrogen (secondary N) is 1. The van der Waals surface area contributed by atoms with E-state index in [0.29, 0.717) is 37.0 Å². The number of benzene rings is 1. The van der Waals surface area contributed by atoms with Gasteiger partial charge < -0.3 is 24.3 Å². The van der Waals surface area contributed by atoms with E-state index in [1.807, 2.05) is 17.0 Å². The zero-order valence-corrected chi connectivity index (χ0v) is 21.2. The standard InChI is InChI=1S/C25H36ClN5O3/c1-4-23-27-19(2)22(28-23)16-30-13-14-34-25(17-30,18-33-21-7-5-20(26)6-8-21)15-24(32)31-11-9-29(3)10-12-31/h5-8H,4,9-18H2,1-3H3,(H,27,28)/t25-/m1/s1. The summed E-state index contributed by atoms with van der Waals surface area (Å²) >= 11 is 6.03. The van der Waals surface area contributed by atoms with Gasteiger partial charge in [0.05, 0.1) is 18.7 Å². The van der Waals surface area contributed by atoms with Crippen LogP contribution in [-0.2, 0) is 22.5 Å². The summed E-state index contributed by atoms with van der Waals surface area (Å²) < 4.78 is 12.5. The molecule has 1 aromatic heterocycles. The lowest BCUT2D eigenvalue weighted by molar-refractivity contribution is -0.158. The Balaban J connectivity index is 1.48. The van der Waals surface area contributed by atoms with Crippen molar-refractivity contribution in [3.8, 4) is 5.75 Å². The Kier molecular flexibility index (Phi) is 8.14. The maximum atomic E-state index is 13.3. The summed E-state index contributed by atoms with van der Waals surface area (Å²) in [4.78, 5) is 28.0. The van der Waals surface area contributed by atoms with E-state index in [2.05, 4.69) is 35.7 Å². The molecule has 1 N–H and O–H groups in total. The zero-order chi connectivity index (χ0) is 24.1. The van der Waals surface area contributed by atoms with Gasteiger partial charge in [-0.05, 0) is 38.2 Å². The number of halogens is 1. The van der Waals surface area contributed by atoms with Crippen molar-refractivity contribution in [1.29, 1.82) is 0 Å². The topological polar surface area (TPSA) is 73.9 Å². The van der Waals surface area contributed by atoms with Crippen molar-refractivity contribution < 1.29 is 14.3 Å². The van der Waals surface area contributed by atoms with E-state index in [1.54, 1.807) is 12.1 Å². The molecule has 186 valence electrons. The van der Waals surface area contributed by atoms with Crippen molar-refractivity contribution in [2.24, 2.45) is 0 Å². The van der Waals surface area contributed by atoms with Gasteiger partial charge in [0.15, 0.2) is 0 Å². The van der Waals surface area contributed by atoms with Gasteiger partial charge in [-0.1, -0.05) is 18.5 Å². The van der Waals surface area contributed by atoms with Gasteiger partial charge in [0.1, 0.15) is 23.8 Å². The second-order valence-corrected chi connectivity index (χ2v) is 9.89. The SMILES string of the molecule is CCc1nc(CN2CCO[C@](COc3ccc(Cl)cc3)(CC(=O)N3CCN(C)CC3)C2)c(C)[nH]1. The molecule has 0 spiro atoms. The van der Waals surface area contributed by atoms with Gasteiger partial charge in [0.25, 0.3) is 0 Å². The second-order valence-electron chi connectivity index (χ2n) is 9.45. The third-order valence-electron chi connectivity index (χ3n) is 6.72. The number of carbonyl (C=O) groups excluding carboxylic acids is 1. The summed E-state index contributed by atoms with van der Waals surface area (Å²) in [5, 5.41) is 0.660. The van der Waals surface area contributed by atoms with Crippen molar-refractivity contribution in [3.63, 3.8) is 0 Å². The van der Waals surface area contributed by atoms with Crippen LogP contribution in [0.2, 0.25) is 5.02 Å². The van der Waals surface area contributed by atoms with Crippen LogP contribution in [0.3, 0.4) is 0 Å². The summed E-state index contributed by atoms with van der Waals surface area (Å²) in [6.07, 6.45) is 1.17. The number of amides is 1. The van der Waals surface area contributed by atoms with E-state index in [0.717, 1.165) is 62.9 Å². The molecule has 9 heteroatoms. The molecule has 0 unspecified atom stereocenters. The highest BCUT2D eigenvalue weighted by molar-refractivity contribution is 6.30. The molecule has 8 nitrogen and oxygen atoms in total. The van der Waals surface area contributed by atoms with Gasteiger partial charge in [-0.15, -0.1) is 0 Å². The Bertz CT molecular complexity index is 958. The summed E-state index contributed by atoms with van der Waals surface area (Å²) in [6.45, 7) is 10.4. The molecule has 0 saturated carbocycles. The van der Waals surface area contributed by atoms with Crippen molar-refractivity contribution in [1.82, 2.24) is 24.7 Å². The van der Waals surface area contributed by atoms with E-state index >= 15 is 0 Å². The molecule has 0 bridgehead atoms. The number of rotatable bonds is 8. The first-order valence-electron chi connectivity index (χ1n) is 12.1. The van der Waals surface area contributed by atoms with E-state index in [1.165, 1.54) is 0 Å². The van der Waals surface area contributed by atoms with Gasteiger partial charge in [-0.3, -0.25) is 9.69 Å². The minimum absolute atomic E-state index is 0.124. The fourth-order valence-electron chi connectivity index (χ4n) is 4.59. The number of ether oxygens (including phenoxy) is 2. The molecule has 34 heavy (non-hydrogen) atoms. The number of aromatic amines is 1. The number of aryl methyl sites for hydroxylation is 2. The predicted octanol–water partition coefficient (Wildman–Crippen LogP) is 2.75. The molecule has 1 aromatic carbocycles. The smallest absolute Gasteiger partial charge is 0.225 e. The molecule has 2 saturated heterocycles. The van der Waals surface area contributed by atoms with Gasteiger partial charge >= 0.3 is 0 Å². The molecule has 0 aliphatic carbocycles. The van der Waals surface area contributed by atoms with Gasteiger partial charge in [-0.25, -0.2) is 4.98 Å². The Morgan fingerprint density at radius 1 is 1.21 bits per heavy atom. The predicted molar refractivity (Wildman–Crippen MR) is 132 cm³/mol. The Labute approximate surface area is 207 Å². The van der Waals surface area contributed by atoms with Crippen LogP contribution in [0, 0.1) is 6.92 Å². The third-order valence-corrected chi connectivity index (χ3v) is 6.97. The highest BCUT2D eigenvalue weighted by Gasteiger charge is 2.41. The molecule has 1 amide bonds. The average Bonchev–Trinajstić information content (AvgIpc) is 3.18. The molecule has 1 atom stereocenters. The van der Waals surface area contributed by atoms with Crippen LogP contribution >= 0.6 is 11.6 Å². The number of H-pyrrole nitrogens is 1. The maximum Gasteiger partial charge on any atom is 0.225 e. The summed E-state index contributed by atoms with van der Waals surface area (Å²) in [5.74, 6) is 1.84. The van der Waals surface area contributed by atoms with Gasteiger partial charge in [0, 0.05) is 63.0 Å². The van der Waals surface area contributed by atoms with E-state index < -0.39 is 5.60 Å². The van der Waals surface area contributed by atoms with Crippen molar-refractivity contribution in [2.45, 2.75) is 38.8 Å². The monoisotopic (exact) mass is 489 g/mol. The highest BCUT2D eigenvalue weighted by Crippen LogP contribution is 2.27. The number of morpholine rings is 1.